The maximum absolute atomic E-state index is 5.70. The van der Waals surface area contributed by atoms with Crippen LogP contribution in [0.1, 0.15) is 64.7 Å². The highest BCUT2D eigenvalue weighted by Crippen LogP contribution is 2.24. The van der Waals surface area contributed by atoms with E-state index in [4.69, 9.17) is 5.73 Å². The minimum absolute atomic E-state index is 0.681. The molecule has 0 aromatic heterocycles. The van der Waals surface area contributed by atoms with Gasteiger partial charge in [-0.25, -0.2) is 0 Å². The average Bonchev–Trinajstić information content (AvgIpc) is 2.94. The molecule has 1 aliphatic carbocycles. The van der Waals surface area contributed by atoms with Crippen LogP contribution in [0, 0.1) is 5.92 Å². The molecule has 37 heavy (non-hydrogen) atoms. The molecule has 0 heterocycles. The standard InChI is InChI=1S/C13H14.C12H15N.C9H10.C2H6/c1-11-6-5-9-13(10-11)12-7-3-2-4-8-12;1-3-6-10(4-2)11-7-5-8-12(13)9-11;1-8(2)9-6-4-3-5-7-9;1-2/h2-5,7-11H,6H2,1H3;3-9H,13H2,1-2H3;3-7H,1H2,2H3;1-2H3/b;6-3-,10-4+;;. The Morgan fingerprint density at radius 2 is 1.46 bits per heavy atom. The topological polar surface area (TPSA) is 26.0 Å². The van der Waals surface area contributed by atoms with Crippen LogP contribution in [0.15, 0.2) is 128 Å². The first kappa shape index (κ1) is 31.2. The number of hydrogen-bond donors (Lipinski definition) is 1. The number of nitrogen functional groups attached to an aromatic ring is 1. The molecule has 1 aliphatic rings. The van der Waals surface area contributed by atoms with Crippen LogP contribution in [0.3, 0.4) is 0 Å². The van der Waals surface area contributed by atoms with Crippen molar-refractivity contribution in [2.45, 2.75) is 48.0 Å². The van der Waals surface area contributed by atoms with Crippen molar-refractivity contribution in [1.82, 2.24) is 0 Å². The van der Waals surface area contributed by atoms with Crippen LogP contribution in [-0.2, 0) is 0 Å². The quantitative estimate of drug-likeness (QED) is 0.285. The molecule has 3 aromatic rings. The van der Waals surface area contributed by atoms with Crippen molar-refractivity contribution in [3.05, 3.63) is 145 Å². The van der Waals surface area contributed by atoms with Gasteiger partial charge in [0.05, 0.1) is 0 Å². The molecule has 0 saturated carbocycles. The van der Waals surface area contributed by atoms with E-state index in [1.807, 2.05) is 77.1 Å². The lowest BCUT2D eigenvalue weighted by molar-refractivity contribution is 0.740. The van der Waals surface area contributed by atoms with Gasteiger partial charge in [-0.15, -0.1) is 0 Å². The summed E-state index contributed by atoms with van der Waals surface area (Å²) in [6.45, 7) is 16.1. The summed E-state index contributed by atoms with van der Waals surface area (Å²) in [7, 11) is 0. The van der Waals surface area contributed by atoms with Gasteiger partial charge in [-0.1, -0.05) is 142 Å². The van der Waals surface area contributed by atoms with Crippen molar-refractivity contribution in [3.8, 4) is 0 Å². The molecule has 0 bridgehead atoms. The fourth-order valence-electron chi connectivity index (χ4n) is 3.64. The molecule has 3 aromatic carbocycles. The van der Waals surface area contributed by atoms with Gasteiger partial charge in [-0.3, -0.25) is 0 Å². The maximum Gasteiger partial charge on any atom is 0.0320 e. The molecule has 194 valence electrons. The first-order valence-electron chi connectivity index (χ1n) is 13.2. The van der Waals surface area contributed by atoms with Crippen molar-refractivity contribution in [1.29, 1.82) is 0 Å². The number of allylic oxidation sites excluding steroid dienone is 9. The second-order valence-electron chi connectivity index (χ2n) is 8.62. The van der Waals surface area contributed by atoms with E-state index in [-0.39, 0.29) is 0 Å². The Morgan fingerprint density at radius 3 is 1.95 bits per heavy atom. The van der Waals surface area contributed by atoms with Gasteiger partial charge in [-0.05, 0) is 73.1 Å². The Labute approximate surface area is 226 Å². The lowest BCUT2D eigenvalue weighted by Gasteiger charge is -2.12. The van der Waals surface area contributed by atoms with E-state index in [2.05, 4.69) is 92.4 Å². The third kappa shape index (κ3) is 12.1. The predicted molar refractivity (Wildman–Crippen MR) is 169 cm³/mol. The zero-order chi connectivity index (χ0) is 27.5. The minimum Gasteiger partial charge on any atom is -0.399 e. The van der Waals surface area contributed by atoms with Gasteiger partial charge in [0.1, 0.15) is 0 Å². The molecule has 1 heteroatoms. The highest BCUT2D eigenvalue weighted by molar-refractivity contribution is 5.75. The molecule has 1 unspecified atom stereocenters. The Kier molecular flexibility index (Phi) is 15.5. The second kappa shape index (κ2) is 18.4. The summed E-state index contributed by atoms with van der Waals surface area (Å²) in [6.07, 6.45) is 14.2. The predicted octanol–water partition coefficient (Wildman–Crippen LogP) is 10.7. The lowest BCUT2D eigenvalue weighted by Crippen LogP contribution is -1.94. The second-order valence-corrected chi connectivity index (χ2v) is 8.62. The Hall–Kier alpha value is -3.84. The summed E-state index contributed by atoms with van der Waals surface area (Å²) in [5.41, 5.74) is 13.9. The van der Waals surface area contributed by atoms with Gasteiger partial charge in [0.15, 0.2) is 0 Å². The van der Waals surface area contributed by atoms with Crippen LogP contribution in [0.25, 0.3) is 16.7 Å². The van der Waals surface area contributed by atoms with Gasteiger partial charge >= 0.3 is 0 Å². The number of rotatable bonds is 4. The van der Waals surface area contributed by atoms with E-state index in [0.717, 1.165) is 11.3 Å². The highest BCUT2D eigenvalue weighted by Gasteiger charge is 2.04. The van der Waals surface area contributed by atoms with Crippen molar-refractivity contribution in [2.24, 2.45) is 5.92 Å². The summed E-state index contributed by atoms with van der Waals surface area (Å²) in [5, 5.41) is 0. The molecule has 0 fully saturated rings. The summed E-state index contributed by atoms with van der Waals surface area (Å²) in [6, 6.07) is 28.6. The van der Waals surface area contributed by atoms with E-state index in [0.29, 0.717) is 5.92 Å². The van der Waals surface area contributed by atoms with Crippen LogP contribution in [0.5, 0.6) is 0 Å². The SMILES string of the molecule is C/C=C\C(=C/C)c1cccc(N)c1.C=C(C)c1ccccc1.CC.CC1C=C(c2ccccc2)C=CC1. The number of nitrogens with two attached hydrogens (primary N) is 1. The molecule has 2 N–H and O–H groups in total. The minimum atomic E-state index is 0.681. The summed E-state index contributed by atoms with van der Waals surface area (Å²) in [4.78, 5) is 0. The zero-order valence-electron chi connectivity index (χ0n) is 23.6. The Balaban J connectivity index is 0.000000273. The first-order chi connectivity index (χ1) is 17.9. The largest absolute Gasteiger partial charge is 0.399 e. The average molecular weight is 492 g/mol. The highest BCUT2D eigenvalue weighted by atomic mass is 14.5. The molecule has 0 amide bonds. The molecule has 1 atom stereocenters. The van der Waals surface area contributed by atoms with E-state index in [1.54, 1.807) is 0 Å². The van der Waals surface area contributed by atoms with Crippen molar-refractivity contribution in [3.63, 3.8) is 0 Å². The molecule has 0 saturated heterocycles. The van der Waals surface area contributed by atoms with Crippen molar-refractivity contribution in [2.75, 3.05) is 5.73 Å². The van der Waals surface area contributed by atoms with Crippen LogP contribution >= 0.6 is 0 Å². The normalized spacial score (nSPS) is 14.2. The fourth-order valence-corrected chi connectivity index (χ4v) is 3.64. The van der Waals surface area contributed by atoms with E-state index in [9.17, 15) is 0 Å². The van der Waals surface area contributed by atoms with Crippen molar-refractivity contribution >= 4 is 22.4 Å². The van der Waals surface area contributed by atoms with Crippen LogP contribution < -0.4 is 5.73 Å². The van der Waals surface area contributed by atoms with Crippen LogP contribution in [0.2, 0.25) is 0 Å². The monoisotopic (exact) mass is 491 g/mol. The summed E-state index contributed by atoms with van der Waals surface area (Å²) >= 11 is 0. The van der Waals surface area contributed by atoms with E-state index in [1.165, 1.54) is 34.3 Å². The van der Waals surface area contributed by atoms with Gasteiger partial charge < -0.3 is 5.73 Å². The molecule has 0 radical (unpaired) electrons. The third-order valence-electron chi connectivity index (χ3n) is 5.52. The van der Waals surface area contributed by atoms with E-state index < -0.39 is 0 Å². The third-order valence-corrected chi connectivity index (χ3v) is 5.52. The molecule has 0 aliphatic heterocycles. The van der Waals surface area contributed by atoms with Crippen molar-refractivity contribution < 1.29 is 0 Å². The fraction of sp³-hybridized carbons (Fsp3) is 0.222. The lowest BCUT2D eigenvalue weighted by atomic mass is 9.94. The molecular formula is C36H45N. The van der Waals surface area contributed by atoms with Gasteiger partial charge in [0, 0.05) is 5.69 Å². The number of benzene rings is 3. The summed E-state index contributed by atoms with van der Waals surface area (Å²) in [5.74, 6) is 0.681. The number of hydrogen-bond acceptors (Lipinski definition) is 1. The zero-order valence-corrected chi connectivity index (χ0v) is 23.6. The number of anilines is 1. The maximum atomic E-state index is 5.70. The molecular weight excluding hydrogens is 446 g/mol. The molecule has 0 spiro atoms. The van der Waals surface area contributed by atoms with Gasteiger partial charge in [-0.2, -0.15) is 0 Å². The van der Waals surface area contributed by atoms with Gasteiger partial charge in [0.25, 0.3) is 0 Å². The van der Waals surface area contributed by atoms with E-state index >= 15 is 0 Å². The summed E-state index contributed by atoms with van der Waals surface area (Å²) < 4.78 is 0. The smallest absolute Gasteiger partial charge is 0.0320 e. The van der Waals surface area contributed by atoms with Gasteiger partial charge in [0.2, 0.25) is 0 Å². The first-order valence-corrected chi connectivity index (χ1v) is 13.2. The Morgan fingerprint density at radius 1 is 0.865 bits per heavy atom. The Bertz CT molecular complexity index is 1160. The van der Waals surface area contributed by atoms with Crippen LogP contribution in [0.4, 0.5) is 5.69 Å². The molecule has 4 rings (SSSR count). The molecule has 1 nitrogen and oxygen atoms in total. The van der Waals surface area contributed by atoms with Crippen LogP contribution in [-0.4, -0.2) is 0 Å².